The molecule has 1 aliphatic heterocycles. The molecule has 0 saturated carbocycles. The van der Waals surface area contributed by atoms with Gasteiger partial charge >= 0.3 is 0 Å². The quantitative estimate of drug-likeness (QED) is 0.761. The first-order valence-electron chi connectivity index (χ1n) is 7.62. The molecule has 0 bridgehead atoms. The van der Waals surface area contributed by atoms with E-state index in [1.54, 1.807) is 12.1 Å². The Labute approximate surface area is 164 Å². The molecule has 2 aromatic rings. The Morgan fingerprint density at radius 3 is 2.54 bits per heavy atom. The van der Waals surface area contributed by atoms with E-state index < -0.39 is 21.8 Å². The molecule has 0 aromatic heterocycles. The van der Waals surface area contributed by atoms with E-state index >= 15 is 0 Å². The third-order valence-corrected chi connectivity index (χ3v) is 6.82. The lowest BCUT2D eigenvalue weighted by atomic mass is 10.1. The maximum absolute atomic E-state index is 12.4. The molecule has 0 atom stereocenters. The van der Waals surface area contributed by atoms with Gasteiger partial charge in [0.2, 0.25) is 15.9 Å². The van der Waals surface area contributed by atoms with Crippen molar-refractivity contribution in [2.75, 3.05) is 15.4 Å². The van der Waals surface area contributed by atoms with E-state index in [4.69, 9.17) is 11.6 Å². The van der Waals surface area contributed by atoms with Crippen molar-refractivity contribution in [1.82, 2.24) is 0 Å². The third kappa shape index (κ3) is 3.62. The van der Waals surface area contributed by atoms with E-state index in [-0.39, 0.29) is 28.4 Å². The summed E-state index contributed by atoms with van der Waals surface area (Å²) in [6.07, 6.45) is -0.0644. The fourth-order valence-electron chi connectivity index (χ4n) is 2.60. The van der Waals surface area contributed by atoms with Crippen molar-refractivity contribution in [1.29, 1.82) is 0 Å². The van der Waals surface area contributed by atoms with Crippen LogP contribution >= 0.6 is 27.5 Å². The molecule has 1 saturated heterocycles. The van der Waals surface area contributed by atoms with Gasteiger partial charge < -0.3 is 5.32 Å². The van der Waals surface area contributed by atoms with Gasteiger partial charge in [-0.3, -0.25) is 9.59 Å². The zero-order chi connectivity index (χ0) is 19.1. The van der Waals surface area contributed by atoms with Crippen LogP contribution in [0, 0.1) is 6.92 Å². The van der Waals surface area contributed by atoms with Gasteiger partial charge in [-0.25, -0.2) is 12.7 Å². The number of carbonyl (C=O) groups is 2. The highest BCUT2D eigenvalue weighted by atomic mass is 79.9. The highest BCUT2D eigenvalue weighted by Gasteiger charge is 2.36. The number of nitrogens with zero attached hydrogens (tertiary/aromatic N) is 1. The van der Waals surface area contributed by atoms with E-state index in [0.717, 1.165) is 14.3 Å². The molecular formula is C17H14BrClN2O4S. The van der Waals surface area contributed by atoms with Crippen LogP contribution in [0.15, 0.2) is 40.9 Å². The van der Waals surface area contributed by atoms with Gasteiger partial charge in [0.1, 0.15) is 0 Å². The summed E-state index contributed by atoms with van der Waals surface area (Å²) in [5.74, 6) is -1.17. The van der Waals surface area contributed by atoms with Gasteiger partial charge in [0.05, 0.1) is 22.0 Å². The van der Waals surface area contributed by atoms with Gasteiger partial charge in [0.15, 0.2) is 0 Å². The van der Waals surface area contributed by atoms with E-state index in [1.807, 2.05) is 13.0 Å². The van der Waals surface area contributed by atoms with Gasteiger partial charge in [-0.05, 0) is 48.9 Å². The minimum absolute atomic E-state index is 0.0590. The Hall–Kier alpha value is -1.90. The largest absolute Gasteiger partial charge is 0.322 e. The van der Waals surface area contributed by atoms with Crippen molar-refractivity contribution < 1.29 is 18.0 Å². The maximum atomic E-state index is 12.4. The minimum Gasteiger partial charge on any atom is -0.322 e. The van der Waals surface area contributed by atoms with Gasteiger partial charge in [-0.2, -0.15) is 0 Å². The molecule has 0 radical (unpaired) electrons. The topological polar surface area (TPSA) is 83.6 Å². The standard InChI is InChI=1S/C17H14BrClN2O4S/c1-10-8-11(2-5-14(10)18)20-17(23)13-4-3-12(9-15(13)19)21-16(22)6-7-26(21,24)25/h2-5,8-9H,6-7H2,1H3,(H,20,23). The van der Waals surface area contributed by atoms with Crippen LogP contribution in [0.3, 0.4) is 0 Å². The number of anilines is 2. The molecule has 6 nitrogen and oxygen atoms in total. The summed E-state index contributed by atoms with van der Waals surface area (Å²) in [7, 11) is -3.68. The first-order chi connectivity index (χ1) is 12.2. The molecular weight excluding hydrogens is 444 g/mol. The zero-order valence-electron chi connectivity index (χ0n) is 13.6. The number of sulfonamides is 1. The highest BCUT2D eigenvalue weighted by molar-refractivity contribution is 9.10. The molecule has 3 rings (SSSR count). The Bertz CT molecular complexity index is 1020. The van der Waals surface area contributed by atoms with Crippen LogP contribution in [0.25, 0.3) is 0 Å². The summed E-state index contributed by atoms with van der Waals surface area (Å²) in [5.41, 5.74) is 1.88. The SMILES string of the molecule is Cc1cc(NC(=O)c2ccc(N3C(=O)CCS3(=O)=O)cc2Cl)ccc1Br. The van der Waals surface area contributed by atoms with Gasteiger partial charge in [-0.15, -0.1) is 0 Å². The number of carbonyl (C=O) groups excluding carboxylic acids is 2. The van der Waals surface area contributed by atoms with Gasteiger partial charge in [0.25, 0.3) is 5.91 Å². The number of benzene rings is 2. The Morgan fingerprint density at radius 2 is 1.96 bits per heavy atom. The molecule has 0 aliphatic carbocycles. The molecule has 26 heavy (non-hydrogen) atoms. The zero-order valence-corrected chi connectivity index (χ0v) is 16.8. The molecule has 0 unspecified atom stereocenters. The average molecular weight is 458 g/mol. The summed E-state index contributed by atoms with van der Waals surface area (Å²) in [6, 6.07) is 9.48. The fourth-order valence-corrected chi connectivity index (χ4v) is 4.56. The highest BCUT2D eigenvalue weighted by Crippen LogP contribution is 2.30. The Kier molecular flexibility index (Phi) is 5.09. The van der Waals surface area contributed by atoms with E-state index in [0.29, 0.717) is 5.69 Å². The second kappa shape index (κ2) is 7.02. The number of rotatable bonds is 3. The van der Waals surface area contributed by atoms with Crippen molar-refractivity contribution >= 4 is 60.7 Å². The smallest absolute Gasteiger partial charge is 0.257 e. The summed E-state index contributed by atoms with van der Waals surface area (Å²) < 4.78 is 25.6. The first-order valence-corrected chi connectivity index (χ1v) is 10.4. The second-order valence-electron chi connectivity index (χ2n) is 5.81. The van der Waals surface area contributed by atoms with Crippen molar-refractivity contribution in [2.24, 2.45) is 0 Å². The molecule has 0 spiro atoms. The molecule has 1 fully saturated rings. The van der Waals surface area contributed by atoms with Crippen LogP contribution in [-0.2, 0) is 14.8 Å². The number of hydrogen-bond donors (Lipinski definition) is 1. The Balaban J connectivity index is 1.86. The normalized spacial score (nSPS) is 16.0. The van der Waals surface area contributed by atoms with Crippen molar-refractivity contribution in [3.8, 4) is 0 Å². The molecule has 1 aliphatic rings. The Morgan fingerprint density at radius 1 is 1.23 bits per heavy atom. The van der Waals surface area contributed by atoms with Crippen LogP contribution in [0.1, 0.15) is 22.3 Å². The van der Waals surface area contributed by atoms with Crippen LogP contribution in [0.2, 0.25) is 5.02 Å². The second-order valence-corrected chi connectivity index (χ2v) is 9.01. The third-order valence-electron chi connectivity index (χ3n) is 3.93. The van der Waals surface area contributed by atoms with Crippen molar-refractivity contribution in [2.45, 2.75) is 13.3 Å². The van der Waals surface area contributed by atoms with Gasteiger partial charge in [0, 0.05) is 16.6 Å². The molecule has 2 aromatic carbocycles. The summed E-state index contributed by atoms with van der Waals surface area (Å²) in [5, 5.41) is 2.80. The summed E-state index contributed by atoms with van der Waals surface area (Å²) in [4.78, 5) is 24.3. The van der Waals surface area contributed by atoms with Crippen molar-refractivity contribution in [3.63, 3.8) is 0 Å². The maximum Gasteiger partial charge on any atom is 0.257 e. The molecule has 1 heterocycles. The number of amides is 2. The van der Waals surface area contributed by atoms with Crippen molar-refractivity contribution in [3.05, 3.63) is 57.0 Å². The minimum atomic E-state index is -3.68. The predicted octanol–water partition coefficient (Wildman–Crippen LogP) is 3.73. The van der Waals surface area contributed by atoms with E-state index in [2.05, 4.69) is 21.2 Å². The lowest BCUT2D eigenvalue weighted by molar-refractivity contribution is -0.116. The molecule has 136 valence electrons. The van der Waals surface area contributed by atoms with Crippen LogP contribution in [-0.4, -0.2) is 26.0 Å². The predicted molar refractivity (Wildman–Crippen MR) is 104 cm³/mol. The summed E-state index contributed by atoms with van der Waals surface area (Å²) >= 11 is 9.56. The molecule has 1 N–H and O–H groups in total. The van der Waals surface area contributed by atoms with Crippen LogP contribution in [0.5, 0.6) is 0 Å². The number of nitrogens with one attached hydrogen (secondary N) is 1. The van der Waals surface area contributed by atoms with Crippen LogP contribution < -0.4 is 9.62 Å². The van der Waals surface area contributed by atoms with Crippen LogP contribution in [0.4, 0.5) is 11.4 Å². The molecule has 9 heteroatoms. The van der Waals surface area contributed by atoms with E-state index in [1.165, 1.54) is 18.2 Å². The number of halogens is 2. The number of hydrogen-bond acceptors (Lipinski definition) is 4. The van der Waals surface area contributed by atoms with E-state index in [9.17, 15) is 18.0 Å². The average Bonchev–Trinajstić information content (AvgIpc) is 2.83. The first kappa shape index (κ1) is 18.9. The molecule has 2 amide bonds. The monoisotopic (exact) mass is 456 g/mol. The summed E-state index contributed by atoms with van der Waals surface area (Å²) in [6.45, 7) is 1.90. The lowest BCUT2D eigenvalue weighted by Crippen LogP contribution is -2.29. The number of aryl methyl sites for hydroxylation is 1. The fraction of sp³-hybridized carbons (Fsp3) is 0.176. The lowest BCUT2D eigenvalue weighted by Gasteiger charge is -2.16. The van der Waals surface area contributed by atoms with Gasteiger partial charge in [-0.1, -0.05) is 27.5 Å².